The molecule has 0 saturated carbocycles. The molecule has 0 bridgehead atoms. The summed E-state index contributed by atoms with van der Waals surface area (Å²) in [7, 11) is 0. The van der Waals surface area contributed by atoms with E-state index in [1.165, 1.54) is 13.0 Å². The van der Waals surface area contributed by atoms with Crippen molar-refractivity contribution in [1.82, 2.24) is 14.8 Å². The predicted molar refractivity (Wildman–Crippen MR) is 99.0 cm³/mol. The molecule has 0 spiro atoms. The molecule has 0 aliphatic carbocycles. The van der Waals surface area contributed by atoms with Gasteiger partial charge in [-0.05, 0) is 62.7 Å². The largest absolute Gasteiger partial charge is 0.512 e. The molecule has 0 amide bonds. The third-order valence-electron chi connectivity index (χ3n) is 3.59. The maximum absolute atomic E-state index is 9.88. The van der Waals surface area contributed by atoms with Crippen molar-refractivity contribution in [2.24, 2.45) is 0 Å². The van der Waals surface area contributed by atoms with E-state index in [0.717, 1.165) is 16.8 Å². The smallest absolute Gasteiger partial charge is 0.200 e. The fourth-order valence-corrected chi connectivity index (χ4v) is 2.62. The summed E-state index contributed by atoms with van der Waals surface area (Å²) in [5.41, 5.74) is 3.78. The van der Waals surface area contributed by atoms with E-state index in [1.807, 2.05) is 36.6 Å². The Morgan fingerprint density at radius 1 is 1.21 bits per heavy atom. The van der Waals surface area contributed by atoms with E-state index in [2.05, 4.69) is 10.2 Å². The monoisotopic (exact) mass is 343 g/mol. The van der Waals surface area contributed by atoms with Crippen LogP contribution in [0, 0.1) is 18.6 Å². The van der Waals surface area contributed by atoms with E-state index in [1.54, 1.807) is 19.1 Å². The zero-order chi connectivity index (χ0) is 17.9. The van der Waals surface area contributed by atoms with Crippen LogP contribution in [-0.2, 0) is 0 Å². The van der Waals surface area contributed by atoms with Crippen LogP contribution in [0.15, 0.2) is 47.4 Å². The number of aryl methyl sites for hydroxylation is 2. The number of hydrogen-bond donors (Lipinski definition) is 3. The van der Waals surface area contributed by atoms with E-state index < -0.39 is 0 Å². The normalized spacial score (nSPS) is 13.4. The van der Waals surface area contributed by atoms with E-state index >= 15 is 0 Å². The average molecular weight is 343 g/mol. The Labute approximate surface area is 146 Å². The molecular formula is C18H21N3O2S. The number of allylic oxidation sites excluding steroid dienone is 4. The maximum atomic E-state index is 9.88. The minimum Gasteiger partial charge on any atom is -0.512 e. The molecule has 1 aromatic heterocycles. The van der Waals surface area contributed by atoms with E-state index in [-0.39, 0.29) is 11.5 Å². The van der Waals surface area contributed by atoms with Gasteiger partial charge in [0.15, 0.2) is 10.6 Å². The molecule has 0 unspecified atom stereocenters. The summed E-state index contributed by atoms with van der Waals surface area (Å²) in [5.74, 6) is 0.673. The number of nitrogens with one attached hydrogen (secondary N) is 1. The number of aliphatic hydroxyl groups is 2. The Balaban J connectivity index is 2.51. The quantitative estimate of drug-likeness (QED) is 0.421. The fraction of sp³-hybridized carbons (Fsp3) is 0.222. The summed E-state index contributed by atoms with van der Waals surface area (Å²) < 4.78 is 2.37. The number of aliphatic hydroxyl groups excluding tert-OH is 2. The van der Waals surface area contributed by atoms with Gasteiger partial charge in [-0.3, -0.25) is 9.67 Å². The summed E-state index contributed by atoms with van der Waals surface area (Å²) in [6, 6.07) is 6.05. The summed E-state index contributed by atoms with van der Waals surface area (Å²) in [6.07, 6.45) is 4.79. The molecular weight excluding hydrogens is 322 g/mol. The molecule has 1 aromatic carbocycles. The zero-order valence-corrected chi connectivity index (χ0v) is 15.0. The van der Waals surface area contributed by atoms with Gasteiger partial charge in [0.2, 0.25) is 0 Å². The highest BCUT2D eigenvalue weighted by atomic mass is 32.1. The molecule has 24 heavy (non-hydrogen) atoms. The van der Waals surface area contributed by atoms with Crippen LogP contribution < -0.4 is 0 Å². The first-order valence-electron chi connectivity index (χ1n) is 7.50. The van der Waals surface area contributed by atoms with Gasteiger partial charge in [0, 0.05) is 6.08 Å². The second-order valence-corrected chi connectivity index (χ2v) is 6.04. The van der Waals surface area contributed by atoms with Crippen molar-refractivity contribution in [3.63, 3.8) is 0 Å². The lowest BCUT2D eigenvalue weighted by atomic mass is 10.1. The Morgan fingerprint density at radius 3 is 2.42 bits per heavy atom. The Hall–Kier alpha value is -2.60. The van der Waals surface area contributed by atoms with Crippen LogP contribution in [0.4, 0.5) is 0 Å². The number of para-hydroxylation sites is 1. The summed E-state index contributed by atoms with van der Waals surface area (Å²) >= 11 is 5.37. The van der Waals surface area contributed by atoms with Crippen LogP contribution in [-0.4, -0.2) is 25.0 Å². The SMILES string of the molecule is C\C(O)=C/C(O)=C(C)\C=C\c1n[nH]c(=S)n1-c1c(C)cccc1C. The molecule has 0 aliphatic rings. The molecule has 126 valence electrons. The zero-order valence-electron chi connectivity index (χ0n) is 14.2. The lowest BCUT2D eigenvalue weighted by Gasteiger charge is -2.11. The molecule has 0 atom stereocenters. The van der Waals surface area contributed by atoms with Crippen LogP contribution in [0.25, 0.3) is 11.8 Å². The van der Waals surface area contributed by atoms with Crippen molar-refractivity contribution in [3.05, 3.63) is 69.2 Å². The van der Waals surface area contributed by atoms with Crippen molar-refractivity contribution in [1.29, 1.82) is 0 Å². The molecule has 5 nitrogen and oxygen atoms in total. The molecule has 2 rings (SSSR count). The molecule has 0 saturated heterocycles. The Kier molecular flexibility index (Phi) is 5.41. The minimum atomic E-state index is -0.000921. The third kappa shape index (κ3) is 3.83. The molecule has 0 aliphatic heterocycles. The number of rotatable bonds is 4. The highest BCUT2D eigenvalue weighted by Gasteiger charge is 2.10. The van der Waals surface area contributed by atoms with Crippen molar-refractivity contribution < 1.29 is 10.2 Å². The number of nitrogens with zero attached hydrogens (tertiary/aromatic N) is 2. The van der Waals surface area contributed by atoms with Gasteiger partial charge in [0.1, 0.15) is 5.76 Å². The first kappa shape index (κ1) is 17.7. The lowest BCUT2D eigenvalue weighted by Crippen LogP contribution is -2.02. The van der Waals surface area contributed by atoms with E-state index in [4.69, 9.17) is 12.2 Å². The molecule has 0 fully saturated rings. The first-order valence-corrected chi connectivity index (χ1v) is 7.91. The van der Waals surface area contributed by atoms with Gasteiger partial charge < -0.3 is 10.2 Å². The summed E-state index contributed by atoms with van der Waals surface area (Å²) in [4.78, 5) is 0. The maximum Gasteiger partial charge on any atom is 0.200 e. The van der Waals surface area contributed by atoms with Gasteiger partial charge in [-0.1, -0.05) is 24.3 Å². The van der Waals surface area contributed by atoms with Crippen LogP contribution in [0.3, 0.4) is 0 Å². The summed E-state index contributed by atoms with van der Waals surface area (Å²) in [5, 5.41) is 26.2. The van der Waals surface area contributed by atoms with Crippen LogP contribution in [0.2, 0.25) is 0 Å². The van der Waals surface area contributed by atoms with Gasteiger partial charge in [-0.2, -0.15) is 5.10 Å². The predicted octanol–water partition coefficient (Wildman–Crippen LogP) is 4.85. The highest BCUT2D eigenvalue weighted by molar-refractivity contribution is 7.71. The van der Waals surface area contributed by atoms with Gasteiger partial charge in [-0.15, -0.1) is 0 Å². The Bertz CT molecular complexity index is 877. The van der Waals surface area contributed by atoms with Gasteiger partial charge in [0.05, 0.1) is 11.4 Å². The molecule has 6 heteroatoms. The highest BCUT2D eigenvalue weighted by Crippen LogP contribution is 2.21. The lowest BCUT2D eigenvalue weighted by molar-refractivity contribution is 0.391. The Morgan fingerprint density at radius 2 is 1.83 bits per heavy atom. The van der Waals surface area contributed by atoms with Gasteiger partial charge >= 0.3 is 0 Å². The minimum absolute atomic E-state index is 0.000921. The molecule has 1 heterocycles. The second-order valence-electron chi connectivity index (χ2n) is 5.65. The third-order valence-corrected chi connectivity index (χ3v) is 3.87. The van der Waals surface area contributed by atoms with Crippen molar-refractivity contribution >= 4 is 18.3 Å². The van der Waals surface area contributed by atoms with Crippen molar-refractivity contribution in [3.8, 4) is 5.69 Å². The number of H-pyrrole nitrogens is 1. The molecule has 2 aromatic rings. The van der Waals surface area contributed by atoms with Crippen molar-refractivity contribution in [2.45, 2.75) is 27.7 Å². The molecule has 3 N–H and O–H groups in total. The van der Waals surface area contributed by atoms with Crippen molar-refractivity contribution in [2.75, 3.05) is 0 Å². The second kappa shape index (κ2) is 7.31. The number of hydrogen-bond acceptors (Lipinski definition) is 4. The fourth-order valence-electron chi connectivity index (χ4n) is 2.39. The number of benzene rings is 1. The average Bonchev–Trinajstić information content (AvgIpc) is 2.85. The number of aromatic nitrogens is 3. The first-order chi connectivity index (χ1) is 11.3. The van der Waals surface area contributed by atoms with Crippen LogP contribution in [0.1, 0.15) is 30.8 Å². The number of aromatic amines is 1. The van der Waals surface area contributed by atoms with Gasteiger partial charge in [-0.25, -0.2) is 0 Å². The van der Waals surface area contributed by atoms with E-state index in [9.17, 15) is 10.2 Å². The molecule has 0 radical (unpaired) electrons. The van der Waals surface area contributed by atoms with Crippen LogP contribution >= 0.6 is 12.2 Å². The van der Waals surface area contributed by atoms with E-state index in [0.29, 0.717) is 16.2 Å². The van der Waals surface area contributed by atoms with Crippen LogP contribution in [0.5, 0.6) is 0 Å². The topological polar surface area (TPSA) is 74.1 Å². The van der Waals surface area contributed by atoms with Gasteiger partial charge in [0.25, 0.3) is 0 Å². The standard InChI is InChI=1S/C18H21N3O2S/c1-11(15(23)10-14(4)22)8-9-16-19-20-18(24)21(16)17-12(2)6-5-7-13(17)3/h5-10,22-23H,1-4H3,(H,20,24)/b9-8+,14-10+,15-11+. The summed E-state index contributed by atoms with van der Waals surface area (Å²) in [6.45, 7) is 7.29.